The van der Waals surface area contributed by atoms with Crippen molar-refractivity contribution in [1.29, 1.82) is 0 Å². The molecule has 0 bridgehead atoms. The Kier molecular flexibility index (Phi) is 5.33. The SMILES string of the molecule is Cc1ccc(N2C(=O)C(=O)/C(=C(\O)c3ccc4c(c3)CCO4)C2c2ccc(O)c(Cl)c2)cc1C. The van der Waals surface area contributed by atoms with E-state index in [9.17, 15) is 19.8 Å². The number of carbonyl (C=O) groups excluding carboxylic acids is 2. The zero-order valence-electron chi connectivity index (χ0n) is 18.6. The molecule has 0 radical (unpaired) electrons. The van der Waals surface area contributed by atoms with E-state index in [1.807, 2.05) is 26.0 Å². The monoisotopic (exact) mass is 475 g/mol. The number of halogens is 1. The second-order valence-electron chi connectivity index (χ2n) is 8.57. The van der Waals surface area contributed by atoms with Gasteiger partial charge in [0.15, 0.2) is 0 Å². The van der Waals surface area contributed by atoms with E-state index in [1.165, 1.54) is 17.0 Å². The van der Waals surface area contributed by atoms with Crippen molar-refractivity contribution in [2.45, 2.75) is 26.3 Å². The number of benzene rings is 3. The molecule has 1 atom stereocenters. The Hall–Kier alpha value is -3.77. The first-order chi connectivity index (χ1) is 16.3. The molecule has 1 unspecified atom stereocenters. The molecule has 34 heavy (non-hydrogen) atoms. The molecule has 3 aromatic rings. The minimum absolute atomic E-state index is 0.0381. The maximum absolute atomic E-state index is 13.3. The van der Waals surface area contributed by atoms with E-state index < -0.39 is 17.7 Å². The molecular formula is C27H22ClNO5. The van der Waals surface area contributed by atoms with E-state index in [0.29, 0.717) is 29.8 Å². The van der Waals surface area contributed by atoms with Crippen molar-refractivity contribution in [3.63, 3.8) is 0 Å². The molecule has 1 saturated heterocycles. The normalized spacial score (nSPS) is 18.8. The maximum atomic E-state index is 13.3. The number of anilines is 1. The number of ketones is 1. The molecule has 1 amide bonds. The molecule has 2 heterocycles. The number of aliphatic hydroxyl groups excluding tert-OH is 1. The summed E-state index contributed by atoms with van der Waals surface area (Å²) < 4.78 is 5.54. The lowest BCUT2D eigenvalue weighted by atomic mass is 9.94. The van der Waals surface area contributed by atoms with Crippen LogP contribution in [-0.2, 0) is 16.0 Å². The van der Waals surface area contributed by atoms with Crippen molar-refractivity contribution in [3.05, 3.63) is 93.0 Å². The van der Waals surface area contributed by atoms with Crippen LogP contribution in [0.1, 0.15) is 33.9 Å². The first-order valence-corrected chi connectivity index (χ1v) is 11.3. The highest BCUT2D eigenvalue weighted by molar-refractivity contribution is 6.51. The van der Waals surface area contributed by atoms with Gasteiger partial charge in [-0.15, -0.1) is 0 Å². The standard InChI is InChI=1S/C27H22ClNO5/c1-14-3-6-19(11-15(14)2)29-24(17-4-7-21(30)20(28)13-17)23(26(32)27(29)33)25(31)18-5-8-22-16(12-18)9-10-34-22/h3-8,11-13,24,30-31H,9-10H2,1-2H3/b25-23-. The Morgan fingerprint density at radius 3 is 2.56 bits per heavy atom. The molecule has 0 aromatic heterocycles. The number of carbonyl (C=O) groups is 2. The molecule has 2 aliphatic heterocycles. The quantitative estimate of drug-likeness (QED) is 0.308. The summed E-state index contributed by atoms with van der Waals surface area (Å²) in [7, 11) is 0. The summed E-state index contributed by atoms with van der Waals surface area (Å²) in [5.41, 5.74) is 4.34. The highest BCUT2D eigenvalue weighted by atomic mass is 35.5. The Morgan fingerprint density at radius 2 is 1.82 bits per heavy atom. The Bertz CT molecular complexity index is 1390. The van der Waals surface area contributed by atoms with Crippen molar-refractivity contribution < 1.29 is 24.5 Å². The van der Waals surface area contributed by atoms with E-state index in [0.717, 1.165) is 22.4 Å². The average Bonchev–Trinajstić information content (AvgIpc) is 3.39. The Morgan fingerprint density at radius 1 is 1.03 bits per heavy atom. The summed E-state index contributed by atoms with van der Waals surface area (Å²) in [5.74, 6) is -1.18. The summed E-state index contributed by atoms with van der Waals surface area (Å²) in [6.07, 6.45) is 0.699. The van der Waals surface area contributed by atoms with Gasteiger partial charge in [0.25, 0.3) is 11.7 Å². The summed E-state index contributed by atoms with van der Waals surface area (Å²) >= 11 is 6.18. The number of phenolic OH excluding ortho intramolecular Hbond substituents is 1. The molecule has 0 spiro atoms. The molecule has 6 nitrogen and oxygen atoms in total. The molecular weight excluding hydrogens is 454 g/mol. The molecule has 3 aromatic carbocycles. The molecule has 0 aliphatic carbocycles. The number of amides is 1. The van der Waals surface area contributed by atoms with Crippen LogP contribution in [-0.4, -0.2) is 28.5 Å². The van der Waals surface area contributed by atoms with Crippen molar-refractivity contribution in [2.24, 2.45) is 0 Å². The van der Waals surface area contributed by atoms with Crippen LogP contribution in [0.4, 0.5) is 5.69 Å². The molecule has 5 rings (SSSR count). The highest BCUT2D eigenvalue weighted by Gasteiger charge is 2.47. The minimum atomic E-state index is -0.926. The summed E-state index contributed by atoms with van der Waals surface area (Å²) in [6, 6.07) is 14.3. The fourth-order valence-electron chi connectivity index (χ4n) is 4.47. The first kappa shape index (κ1) is 22.0. The Balaban J connectivity index is 1.73. The van der Waals surface area contributed by atoms with Gasteiger partial charge in [0, 0.05) is 17.7 Å². The lowest BCUT2D eigenvalue weighted by Gasteiger charge is -2.26. The lowest BCUT2D eigenvalue weighted by Crippen LogP contribution is -2.29. The zero-order valence-corrected chi connectivity index (χ0v) is 19.4. The summed E-state index contributed by atoms with van der Waals surface area (Å²) in [4.78, 5) is 28.0. The van der Waals surface area contributed by atoms with Crippen LogP contribution in [0.3, 0.4) is 0 Å². The predicted molar refractivity (Wildman–Crippen MR) is 129 cm³/mol. The van der Waals surface area contributed by atoms with E-state index in [4.69, 9.17) is 16.3 Å². The molecule has 2 N–H and O–H groups in total. The number of aromatic hydroxyl groups is 1. The fraction of sp³-hybridized carbons (Fsp3) is 0.185. The number of phenols is 1. The maximum Gasteiger partial charge on any atom is 0.300 e. The number of aryl methyl sites for hydroxylation is 2. The van der Waals surface area contributed by atoms with Gasteiger partial charge in [-0.1, -0.05) is 23.7 Å². The first-order valence-electron chi connectivity index (χ1n) is 10.9. The van der Waals surface area contributed by atoms with Crippen molar-refractivity contribution in [1.82, 2.24) is 0 Å². The summed E-state index contributed by atoms with van der Waals surface area (Å²) in [5, 5.41) is 21.3. The number of Topliss-reactive ketones (excluding diaryl/α,β-unsaturated/α-hetero) is 1. The van der Waals surface area contributed by atoms with Gasteiger partial charge in [-0.25, -0.2) is 0 Å². The van der Waals surface area contributed by atoms with E-state index in [1.54, 1.807) is 30.3 Å². The van der Waals surface area contributed by atoms with Crippen molar-refractivity contribution in [3.8, 4) is 11.5 Å². The number of ether oxygens (including phenoxy) is 1. The minimum Gasteiger partial charge on any atom is -0.507 e. The topological polar surface area (TPSA) is 87.1 Å². The van der Waals surface area contributed by atoms with Gasteiger partial charge in [0.2, 0.25) is 0 Å². The van der Waals surface area contributed by atoms with Gasteiger partial charge in [-0.2, -0.15) is 0 Å². The number of aliphatic hydroxyl groups is 1. The van der Waals surface area contributed by atoms with Crippen LogP contribution < -0.4 is 9.64 Å². The van der Waals surface area contributed by atoms with Crippen LogP contribution in [0, 0.1) is 13.8 Å². The number of hydrogen-bond acceptors (Lipinski definition) is 5. The largest absolute Gasteiger partial charge is 0.507 e. The van der Waals surface area contributed by atoms with Crippen LogP contribution >= 0.6 is 11.6 Å². The van der Waals surface area contributed by atoms with Gasteiger partial charge in [-0.3, -0.25) is 14.5 Å². The second-order valence-corrected chi connectivity index (χ2v) is 8.98. The van der Waals surface area contributed by atoms with Crippen LogP contribution in [0.15, 0.2) is 60.2 Å². The Labute approximate surface area is 201 Å². The van der Waals surface area contributed by atoms with Gasteiger partial charge >= 0.3 is 0 Å². The second kappa shape index (κ2) is 8.22. The number of hydrogen-bond donors (Lipinski definition) is 2. The third kappa shape index (κ3) is 3.51. The lowest BCUT2D eigenvalue weighted by molar-refractivity contribution is -0.132. The van der Waals surface area contributed by atoms with Gasteiger partial charge < -0.3 is 14.9 Å². The zero-order chi connectivity index (χ0) is 24.1. The molecule has 172 valence electrons. The average molecular weight is 476 g/mol. The van der Waals surface area contributed by atoms with E-state index in [2.05, 4.69) is 0 Å². The van der Waals surface area contributed by atoms with Gasteiger partial charge in [0.1, 0.15) is 17.3 Å². The third-order valence-electron chi connectivity index (χ3n) is 6.46. The summed E-state index contributed by atoms with van der Waals surface area (Å²) in [6.45, 7) is 4.44. The molecule has 7 heteroatoms. The third-order valence-corrected chi connectivity index (χ3v) is 6.77. The molecule has 0 saturated carbocycles. The van der Waals surface area contributed by atoms with E-state index >= 15 is 0 Å². The fourth-order valence-corrected chi connectivity index (χ4v) is 4.66. The van der Waals surface area contributed by atoms with Crippen LogP contribution in [0.5, 0.6) is 11.5 Å². The van der Waals surface area contributed by atoms with Crippen LogP contribution in [0.2, 0.25) is 5.02 Å². The van der Waals surface area contributed by atoms with Gasteiger partial charge in [0.05, 0.1) is 23.2 Å². The van der Waals surface area contributed by atoms with Gasteiger partial charge in [-0.05, 0) is 78.6 Å². The number of rotatable bonds is 3. The molecule has 2 aliphatic rings. The van der Waals surface area contributed by atoms with Crippen molar-refractivity contribution >= 4 is 34.7 Å². The number of fused-ring (bicyclic) bond motifs is 1. The molecule has 1 fully saturated rings. The van der Waals surface area contributed by atoms with E-state index in [-0.39, 0.29) is 22.1 Å². The van der Waals surface area contributed by atoms with Crippen molar-refractivity contribution in [2.75, 3.05) is 11.5 Å². The predicted octanol–water partition coefficient (Wildman–Crippen LogP) is 5.22. The number of nitrogens with zero attached hydrogens (tertiary/aromatic N) is 1. The van der Waals surface area contributed by atoms with Crippen LogP contribution in [0.25, 0.3) is 5.76 Å². The highest BCUT2D eigenvalue weighted by Crippen LogP contribution is 2.44. The smallest absolute Gasteiger partial charge is 0.300 e.